The summed E-state index contributed by atoms with van der Waals surface area (Å²) in [7, 11) is -3.63. The Morgan fingerprint density at radius 2 is 2.09 bits per heavy atom. The number of benzene rings is 1. The molecule has 0 unspecified atom stereocenters. The molecule has 0 radical (unpaired) electrons. The monoisotopic (exact) mass is 338 g/mol. The van der Waals surface area contributed by atoms with Crippen LogP contribution in [0, 0.1) is 6.92 Å². The normalized spacial score (nSPS) is 14.5. The number of rotatable bonds is 3. The minimum absolute atomic E-state index is 0.160. The van der Waals surface area contributed by atoms with Gasteiger partial charge in [-0.2, -0.15) is 0 Å². The molecule has 22 heavy (non-hydrogen) atoms. The molecule has 116 valence electrons. The number of sulfonamides is 1. The zero-order valence-corrected chi connectivity index (χ0v) is 13.4. The Kier molecular flexibility index (Phi) is 3.79. The van der Waals surface area contributed by atoms with Crippen LogP contribution in [0.15, 0.2) is 34.5 Å². The van der Waals surface area contributed by atoms with E-state index in [4.69, 9.17) is 4.74 Å². The van der Waals surface area contributed by atoms with E-state index in [1.165, 1.54) is 11.3 Å². The number of thiophene rings is 1. The van der Waals surface area contributed by atoms with Crippen molar-refractivity contribution in [2.45, 2.75) is 17.6 Å². The van der Waals surface area contributed by atoms with Gasteiger partial charge in [0.15, 0.2) is 0 Å². The standard InChI is InChI=1S/C14H14N2O4S2/c1-9-2-5-14(21-9)22(18,19)16-10-3-4-12-11(8-10)15-13(17)6-7-20-12/h2-5,8,16H,6-7H2,1H3,(H,15,17). The van der Waals surface area contributed by atoms with E-state index in [-0.39, 0.29) is 16.5 Å². The topological polar surface area (TPSA) is 84.5 Å². The molecule has 3 rings (SSSR count). The second-order valence-corrected chi connectivity index (χ2v) is 8.03. The average Bonchev–Trinajstić information content (AvgIpc) is 2.79. The van der Waals surface area contributed by atoms with Crippen molar-refractivity contribution >= 4 is 38.6 Å². The fraction of sp³-hybridized carbons (Fsp3) is 0.214. The number of anilines is 2. The van der Waals surface area contributed by atoms with Crippen molar-refractivity contribution in [1.29, 1.82) is 0 Å². The maximum Gasteiger partial charge on any atom is 0.271 e. The van der Waals surface area contributed by atoms with Gasteiger partial charge in [0, 0.05) is 4.88 Å². The second kappa shape index (κ2) is 5.62. The third kappa shape index (κ3) is 3.07. The molecule has 1 amide bonds. The highest BCUT2D eigenvalue weighted by Gasteiger charge is 2.19. The van der Waals surface area contributed by atoms with Crippen LogP contribution in [0.2, 0.25) is 0 Å². The van der Waals surface area contributed by atoms with Crippen molar-refractivity contribution in [3.05, 3.63) is 35.2 Å². The van der Waals surface area contributed by atoms with Gasteiger partial charge in [-0.1, -0.05) is 0 Å². The number of aryl methyl sites for hydroxylation is 1. The Labute approximate surface area is 132 Å². The molecule has 2 N–H and O–H groups in total. The zero-order chi connectivity index (χ0) is 15.7. The first-order valence-electron chi connectivity index (χ1n) is 6.60. The summed E-state index contributed by atoms with van der Waals surface area (Å²) in [5.41, 5.74) is 0.834. The van der Waals surface area contributed by atoms with Gasteiger partial charge in [-0.25, -0.2) is 8.42 Å². The molecule has 1 aromatic heterocycles. The number of fused-ring (bicyclic) bond motifs is 1. The van der Waals surface area contributed by atoms with Crippen molar-refractivity contribution in [2.75, 3.05) is 16.6 Å². The quantitative estimate of drug-likeness (QED) is 0.901. The van der Waals surface area contributed by atoms with Crippen LogP contribution in [0.3, 0.4) is 0 Å². The second-order valence-electron chi connectivity index (χ2n) is 4.83. The van der Waals surface area contributed by atoms with Crippen LogP contribution in [0.4, 0.5) is 11.4 Å². The van der Waals surface area contributed by atoms with E-state index in [9.17, 15) is 13.2 Å². The Morgan fingerprint density at radius 3 is 2.82 bits per heavy atom. The summed E-state index contributed by atoms with van der Waals surface area (Å²) in [6.45, 7) is 2.15. The summed E-state index contributed by atoms with van der Waals surface area (Å²) >= 11 is 1.20. The third-order valence-electron chi connectivity index (χ3n) is 3.07. The molecule has 1 aliphatic rings. The van der Waals surface area contributed by atoms with E-state index in [2.05, 4.69) is 10.0 Å². The van der Waals surface area contributed by atoms with Crippen molar-refractivity contribution < 1.29 is 17.9 Å². The first-order chi connectivity index (χ1) is 10.4. The first-order valence-corrected chi connectivity index (χ1v) is 8.90. The van der Waals surface area contributed by atoms with Crippen molar-refractivity contribution in [1.82, 2.24) is 0 Å². The average molecular weight is 338 g/mol. The highest BCUT2D eigenvalue weighted by Crippen LogP contribution is 2.31. The van der Waals surface area contributed by atoms with Crippen LogP contribution in [0.25, 0.3) is 0 Å². The zero-order valence-electron chi connectivity index (χ0n) is 11.8. The Bertz CT molecular complexity index is 827. The molecule has 6 nitrogen and oxygen atoms in total. The largest absolute Gasteiger partial charge is 0.491 e. The Balaban J connectivity index is 1.89. The lowest BCUT2D eigenvalue weighted by Crippen LogP contribution is -2.12. The van der Waals surface area contributed by atoms with Crippen LogP contribution >= 0.6 is 11.3 Å². The summed E-state index contributed by atoms with van der Waals surface area (Å²) in [6, 6.07) is 8.12. The minimum Gasteiger partial charge on any atom is -0.491 e. The molecule has 0 aliphatic carbocycles. The van der Waals surface area contributed by atoms with Gasteiger partial charge in [-0.15, -0.1) is 11.3 Å². The molecule has 0 atom stereocenters. The predicted octanol–water partition coefficient (Wildman–Crippen LogP) is 2.58. The van der Waals surface area contributed by atoms with Crippen LogP contribution in [-0.2, 0) is 14.8 Å². The molecule has 0 saturated carbocycles. The van der Waals surface area contributed by atoms with E-state index in [1.54, 1.807) is 30.3 Å². The van der Waals surface area contributed by atoms with Crippen LogP contribution in [-0.4, -0.2) is 20.9 Å². The first kappa shape index (κ1) is 14.9. The molecular formula is C14H14N2O4S2. The van der Waals surface area contributed by atoms with Gasteiger partial charge in [0.05, 0.1) is 24.4 Å². The molecular weight excluding hydrogens is 324 g/mol. The summed E-state index contributed by atoms with van der Waals surface area (Å²) in [6.07, 6.45) is 0.268. The minimum atomic E-state index is -3.63. The number of hydrogen-bond donors (Lipinski definition) is 2. The van der Waals surface area contributed by atoms with Gasteiger partial charge in [0.1, 0.15) is 9.96 Å². The van der Waals surface area contributed by atoms with Gasteiger partial charge in [-0.05, 0) is 37.3 Å². The number of nitrogens with one attached hydrogen (secondary N) is 2. The highest BCUT2D eigenvalue weighted by atomic mass is 32.2. The van der Waals surface area contributed by atoms with Crippen molar-refractivity contribution in [3.8, 4) is 5.75 Å². The number of carbonyl (C=O) groups is 1. The number of amides is 1. The SMILES string of the molecule is Cc1ccc(S(=O)(=O)Nc2ccc3c(c2)NC(=O)CCO3)s1. The smallest absolute Gasteiger partial charge is 0.271 e. The molecule has 1 aliphatic heterocycles. The third-order valence-corrected chi connectivity index (χ3v) is 5.95. The summed E-state index contributed by atoms with van der Waals surface area (Å²) in [4.78, 5) is 12.5. The van der Waals surface area contributed by atoms with E-state index in [0.29, 0.717) is 23.7 Å². The summed E-state index contributed by atoms with van der Waals surface area (Å²) in [5.74, 6) is 0.369. The lowest BCUT2D eigenvalue weighted by Gasteiger charge is -2.11. The van der Waals surface area contributed by atoms with Crippen LogP contribution in [0.1, 0.15) is 11.3 Å². The van der Waals surface area contributed by atoms with E-state index in [0.717, 1.165) is 4.88 Å². The molecule has 0 fully saturated rings. The van der Waals surface area contributed by atoms with Crippen LogP contribution < -0.4 is 14.8 Å². The van der Waals surface area contributed by atoms with E-state index < -0.39 is 10.0 Å². The Hall–Kier alpha value is -2.06. The Morgan fingerprint density at radius 1 is 1.27 bits per heavy atom. The molecule has 0 bridgehead atoms. The fourth-order valence-corrected chi connectivity index (χ4v) is 4.38. The van der Waals surface area contributed by atoms with Gasteiger partial charge in [0.2, 0.25) is 5.91 Å². The van der Waals surface area contributed by atoms with Gasteiger partial charge >= 0.3 is 0 Å². The van der Waals surface area contributed by atoms with E-state index >= 15 is 0 Å². The summed E-state index contributed by atoms with van der Waals surface area (Å²) in [5, 5.41) is 2.70. The molecule has 0 spiro atoms. The summed E-state index contributed by atoms with van der Waals surface area (Å²) < 4.78 is 32.8. The highest BCUT2D eigenvalue weighted by molar-refractivity contribution is 7.94. The molecule has 2 aromatic rings. The fourth-order valence-electron chi connectivity index (χ4n) is 2.05. The number of carbonyl (C=O) groups excluding carboxylic acids is 1. The number of hydrogen-bond acceptors (Lipinski definition) is 5. The number of ether oxygens (including phenoxy) is 1. The predicted molar refractivity (Wildman–Crippen MR) is 85.0 cm³/mol. The maximum atomic E-state index is 12.3. The van der Waals surface area contributed by atoms with Gasteiger partial charge in [-0.3, -0.25) is 9.52 Å². The van der Waals surface area contributed by atoms with Crippen molar-refractivity contribution in [3.63, 3.8) is 0 Å². The van der Waals surface area contributed by atoms with Crippen LogP contribution in [0.5, 0.6) is 5.75 Å². The van der Waals surface area contributed by atoms with Gasteiger partial charge < -0.3 is 10.1 Å². The molecule has 2 heterocycles. The molecule has 0 saturated heterocycles. The lowest BCUT2D eigenvalue weighted by molar-refractivity contribution is -0.116. The lowest BCUT2D eigenvalue weighted by atomic mass is 10.2. The molecule has 8 heteroatoms. The van der Waals surface area contributed by atoms with Crippen molar-refractivity contribution in [2.24, 2.45) is 0 Å². The molecule has 1 aromatic carbocycles. The van der Waals surface area contributed by atoms with E-state index in [1.807, 2.05) is 6.92 Å². The van der Waals surface area contributed by atoms with Gasteiger partial charge in [0.25, 0.3) is 10.0 Å². The maximum absolute atomic E-state index is 12.3.